The van der Waals surface area contributed by atoms with Crippen molar-refractivity contribution in [2.75, 3.05) is 20.3 Å². The quantitative estimate of drug-likeness (QED) is 0.720. The van der Waals surface area contributed by atoms with E-state index in [2.05, 4.69) is 4.72 Å². The SMILES string of the molecule is CCC(COC)NS(=O)(=O)c1ccc(CCCN)cc1. The largest absolute Gasteiger partial charge is 0.383 e. The molecule has 1 aromatic carbocycles. The lowest BCUT2D eigenvalue weighted by atomic mass is 10.1. The molecule has 0 heterocycles. The molecule has 1 aromatic rings. The van der Waals surface area contributed by atoms with Crippen LogP contribution in [0.5, 0.6) is 0 Å². The van der Waals surface area contributed by atoms with Gasteiger partial charge in [-0.25, -0.2) is 13.1 Å². The lowest BCUT2D eigenvalue weighted by molar-refractivity contribution is 0.173. The molecule has 114 valence electrons. The highest BCUT2D eigenvalue weighted by Crippen LogP contribution is 2.12. The molecule has 0 saturated carbocycles. The number of nitrogens with one attached hydrogen (secondary N) is 1. The van der Waals surface area contributed by atoms with Crippen molar-refractivity contribution in [3.05, 3.63) is 29.8 Å². The van der Waals surface area contributed by atoms with Gasteiger partial charge in [0.05, 0.1) is 11.5 Å². The van der Waals surface area contributed by atoms with Crippen LogP contribution in [0.3, 0.4) is 0 Å². The Morgan fingerprint density at radius 3 is 2.45 bits per heavy atom. The molecule has 1 atom stereocenters. The third-order valence-corrected chi connectivity index (χ3v) is 4.62. The van der Waals surface area contributed by atoms with E-state index in [-0.39, 0.29) is 10.9 Å². The van der Waals surface area contributed by atoms with Gasteiger partial charge in [0, 0.05) is 13.2 Å². The molecular formula is C14H24N2O3S. The topological polar surface area (TPSA) is 81.4 Å². The van der Waals surface area contributed by atoms with E-state index in [1.807, 2.05) is 19.1 Å². The van der Waals surface area contributed by atoms with Crippen LogP contribution in [0.15, 0.2) is 29.2 Å². The van der Waals surface area contributed by atoms with Gasteiger partial charge in [-0.1, -0.05) is 19.1 Å². The van der Waals surface area contributed by atoms with Gasteiger partial charge in [0.2, 0.25) is 10.0 Å². The number of nitrogens with two attached hydrogens (primary N) is 1. The Bertz CT molecular complexity index is 486. The zero-order valence-electron chi connectivity index (χ0n) is 12.1. The predicted octanol–water partition coefficient (Wildman–Crippen LogP) is 1.28. The minimum Gasteiger partial charge on any atom is -0.383 e. The summed E-state index contributed by atoms with van der Waals surface area (Å²) in [6, 6.07) is 6.73. The van der Waals surface area contributed by atoms with Gasteiger partial charge >= 0.3 is 0 Å². The second kappa shape index (κ2) is 8.36. The molecule has 0 radical (unpaired) electrons. The molecule has 3 N–H and O–H groups in total. The molecule has 1 rings (SSSR count). The zero-order valence-corrected chi connectivity index (χ0v) is 12.9. The van der Waals surface area contributed by atoms with Gasteiger partial charge < -0.3 is 10.5 Å². The fourth-order valence-electron chi connectivity index (χ4n) is 1.87. The molecule has 0 aliphatic heterocycles. The first-order chi connectivity index (χ1) is 9.53. The number of benzene rings is 1. The molecule has 0 bridgehead atoms. The summed E-state index contributed by atoms with van der Waals surface area (Å²) in [5, 5.41) is 0. The Kier molecular flexibility index (Phi) is 7.15. The highest BCUT2D eigenvalue weighted by Gasteiger charge is 2.18. The van der Waals surface area contributed by atoms with E-state index in [0.29, 0.717) is 19.6 Å². The minimum atomic E-state index is -3.49. The minimum absolute atomic E-state index is 0.207. The van der Waals surface area contributed by atoms with Gasteiger partial charge in [0.25, 0.3) is 0 Å². The monoisotopic (exact) mass is 300 g/mol. The summed E-state index contributed by atoms with van der Waals surface area (Å²) >= 11 is 0. The van der Waals surface area contributed by atoms with Crippen LogP contribution in [-0.4, -0.2) is 34.7 Å². The highest BCUT2D eigenvalue weighted by molar-refractivity contribution is 7.89. The average molecular weight is 300 g/mol. The normalized spacial score (nSPS) is 13.3. The van der Waals surface area contributed by atoms with Crippen molar-refractivity contribution in [1.82, 2.24) is 4.72 Å². The van der Waals surface area contributed by atoms with Gasteiger partial charge in [-0.2, -0.15) is 0 Å². The second-order valence-corrected chi connectivity index (χ2v) is 6.43. The van der Waals surface area contributed by atoms with Gasteiger partial charge in [-0.15, -0.1) is 0 Å². The van der Waals surface area contributed by atoms with Crippen molar-refractivity contribution in [3.8, 4) is 0 Å². The van der Waals surface area contributed by atoms with Crippen LogP contribution >= 0.6 is 0 Å². The van der Waals surface area contributed by atoms with Crippen molar-refractivity contribution >= 4 is 10.0 Å². The molecule has 6 heteroatoms. The first-order valence-electron chi connectivity index (χ1n) is 6.83. The van der Waals surface area contributed by atoms with Gasteiger partial charge in [0.1, 0.15) is 0 Å². The standard InChI is InChI=1S/C14H24N2O3S/c1-3-13(11-19-2)16-20(17,18)14-8-6-12(7-9-14)5-4-10-15/h6-9,13,16H,3-5,10-11,15H2,1-2H3. The maximum absolute atomic E-state index is 12.2. The van der Waals surface area contributed by atoms with Gasteiger partial charge in [0.15, 0.2) is 0 Å². The van der Waals surface area contributed by atoms with Crippen LogP contribution in [0.4, 0.5) is 0 Å². The van der Waals surface area contributed by atoms with E-state index < -0.39 is 10.0 Å². The fourth-order valence-corrected chi connectivity index (χ4v) is 3.17. The summed E-state index contributed by atoms with van der Waals surface area (Å²) in [6.45, 7) is 2.92. The predicted molar refractivity (Wildman–Crippen MR) is 80.1 cm³/mol. The smallest absolute Gasteiger partial charge is 0.240 e. The van der Waals surface area contributed by atoms with Crippen molar-refractivity contribution in [2.45, 2.75) is 37.1 Å². The van der Waals surface area contributed by atoms with E-state index in [0.717, 1.165) is 18.4 Å². The van der Waals surface area contributed by atoms with E-state index in [9.17, 15) is 8.42 Å². The molecule has 0 aliphatic carbocycles. The summed E-state index contributed by atoms with van der Waals surface area (Å²) in [5.74, 6) is 0. The van der Waals surface area contributed by atoms with Crippen molar-refractivity contribution in [2.24, 2.45) is 5.73 Å². The summed E-state index contributed by atoms with van der Waals surface area (Å²) in [4.78, 5) is 0.281. The number of hydrogen-bond acceptors (Lipinski definition) is 4. The summed E-state index contributed by atoms with van der Waals surface area (Å²) in [5.41, 5.74) is 6.55. The van der Waals surface area contributed by atoms with Crippen LogP contribution in [0.1, 0.15) is 25.3 Å². The molecule has 0 amide bonds. The van der Waals surface area contributed by atoms with Crippen molar-refractivity contribution in [3.63, 3.8) is 0 Å². The van der Waals surface area contributed by atoms with Crippen LogP contribution in [0.25, 0.3) is 0 Å². The molecular weight excluding hydrogens is 276 g/mol. The van der Waals surface area contributed by atoms with Gasteiger partial charge in [-0.05, 0) is 43.5 Å². The Morgan fingerprint density at radius 1 is 1.30 bits per heavy atom. The Balaban J connectivity index is 2.76. The summed E-state index contributed by atoms with van der Waals surface area (Å²) < 4.78 is 32.1. The lowest BCUT2D eigenvalue weighted by Gasteiger charge is -2.16. The molecule has 0 aromatic heterocycles. The zero-order chi connectivity index (χ0) is 15.0. The average Bonchev–Trinajstić information content (AvgIpc) is 2.45. The lowest BCUT2D eigenvalue weighted by Crippen LogP contribution is -2.37. The number of methoxy groups -OCH3 is 1. The number of rotatable bonds is 9. The Hall–Kier alpha value is -0.950. The number of sulfonamides is 1. The maximum Gasteiger partial charge on any atom is 0.240 e. The fraction of sp³-hybridized carbons (Fsp3) is 0.571. The van der Waals surface area contributed by atoms with Crippen LogP contribution in [0.2, 0.25) is 0 Å². The summed E-state index contributed by atoms with van der Waals surface area (Å²) in [7, 11) is -1.93. The molecule has 0 saturated heterocycles. The van der Waals surface area contributed by atoms with Gasteiger partial charge in [-0.3, -0.25) is 0 Å². The van der Waals surface area contributed by atoms with Crippen LogP contribution in [0, 0.1) is 0 Å². The van der Waals surface area contributed by atoms with Crippen LogP contribution < -0.4 is 10.5 Å². The first kappa shape index (κ1) is 17.1. The summed E-state index contributed by atoms with van der Waals surface area (Å²) in [6.07, 6.45) is 2.45. The van der Waals surface area contributed by atoms with E-state index in [4.69, 9.17) is 10.5 Å². The Labute approximate surface area is 121 Å². The molecule has 20 heavy (non-hydrogen) atoms. The third kappa shape index (κ3) is 5.20. The molecule has 1 unspecified atom stereocenters. The van der Waals surface area contributed by atoms with E-state index in [1.54, 1.807) is 19.2 Å². The van der Waals surface area contributed by atoms with E-state index in [1.165, 1.54) is 0 Å². The molecule has 0 spiro atoms. The Morgan fingerprint density at radius 2 is 1.95 bits per heavy atom. The second-order valence-electron chi connectivity index (χ2n) is 4.72. The third-order valence-electron chi connectivity index (χ3n) is 3.09. The van der Waals surface area contributed by atoms with E-state index >= 15 is 0 Å². The number of hydrogen-bond donors (Lipinski definition) is 2. The molecule has 0 fully saturated rings. The number of ether oxygens (including phenoxy) is 1. The number of aryl methyl sites for hydroxylation is 1. The van der Waals surface area contributed by atoms with Crippen molar-refractivity contribution < 1.29 is 13.2 Å². The maximum atomic E-state index is 12.2. The molecule has 0 aliphatic rings. The highest BCUT2D eigenvalue weighted by atomic mass is 32.2. The molecule has 5 nitrogen and oxygen atoms in total. The van der Waals surface area contributed by atoms with Crippen LogP contribution in [-0.2, 0) is 21.2 Å². The first-order valence-corrected chi connectivity index (χ1v) is 8.32. The van der Waals surface area contributed by atoms with Crippen molar-refractivity contribution in [1.29, 1.82) is 0 Å².